The minimum Gasteiger partial charge on any atom is -0.496 e. The highest BCUT2D eigenvalue weighted by Gasteiger charge is 2.20. The Morgan fingerprint density at radius 3 is 2.67 bits per heavy atom. The maximum Gasteiger partial charge on any atom is 0.124 e. The molecule has 2 nitrogen and oxygen atoms in total. The third-order valence-corrected chi connectivity index (χ3v) is 4.36. The molecule has 0 radical (unpaired) electrons. The highest BCUT2D eigenvalue weighted by molar-refractivity contribution is 5.45. The van der Waals surface area contributed by atoms with E-state index in [1.54, 1.807) is 12.7 Å². The molecule has 0 saturated carbocycles. The molecule has 0 amide bonds. The van der Waals surface area contributed by atoms with Crippen LogP contribution in [0.15, 0.2) is 23.8 Å². The lowest BCUT2D eigenvalue weighted by Crippen LogP contribution is -2.23. The second-order valence-electron chi connectivity index (χ2n) is 6.12. The Labute approximate surface area is 129 Å². The maximum atomic E-state index is 5.66. The molecule has 1 aromatic carbocycles. The van der Waals surface area contributed by atoms with Crippen LogP contribution in [0.2, 0.25) is 0 Å². The van der Waals surface area contributed by atoms with Crippen molar-refractivity contribution in [2.45, 2.75) is 58.9 Å². The molecule has 1 aromatic rings. The zero-order chi connectivity index (χ0) is 15.2. The van der Waals surface area contributed by atoms with Gasteiger partial charge in [-0.2, -0.15) is 0 Å². The van der Waals surface area contributed by atoms with Crippen molar-refractivity contribution < 1.29 is 4.74 Å². The molecule has 2 heteroatoms. The maximum absolute atomic E-state index is 5.66. The highest BCUT2D eigenvalue weighted by Crippen LogP contribution is 2.35. The van der Waals surface area contributed by atoms with Crippen molar-refractivity contribution in [3.8, 4) is 5.75 Å². The fourth-order valence-electron chi connectivity index (χ4n) is 3.43. The van der Waals surface area contributed by atoms with E-state index in [4.69, 9.17) is 4.74 Å². The normalized spacial score (nSPS) is 16.5. The summed E-state index contributed by atoms with van der Waals surface area (Å²) >= 11 is 0. The van der Waals surface area contributed by atoms with Crippen molar-refractivity contribution in [3.05, 3.63) is 40.5 Å². The summed E-state index contributed by atoms with van der Waals surface area (Å²) in [6, 6.07) is 4.77. The monoisotopic (exact) mass is 287 g/mol. The van der Waals surface area contributed by atoms with Crippen LogP contribution in [0.5, 0.6) is 5.75 Å². The molecule has 1 unspecified atom stereocenters. The number of aryl methyl sites for hydroxylation is 2. The quantitative estimate of drug-likeness (QED) is 0.755. The molecule has 0 aromatic heterocycles. The molecule has 116 valence electrons. The van der Waals surface area contributed by atoms with Gasteiger partial charge in [0.1, 0.15) is 5.75 Å². The van der Waals surface area contributed by atoms with Gasteiger partial charge < -0.3 is 10.1 Å². The first-order chi connectivity index (χ1) is 10.2. The molecule has 0 aliphatic heterocycles. The first kappa shape index (κ1) is 16.1. The van der Waals surface area contributed by atoms with Crippen molar-refractivity contribution in [1.82, 2.24) is 5.32 Å². The third kappa shape index (κ3) is 4.10. The van der Waals surface area contributed by atoms with Gasteiger partial charge in [0.25, 0.3) is 0 Å². The van der Waals surface area contributed by atoms with Crippen molar-refractivity contribution >= 4 is 0 Å². The van der Waals surface area contributed by atoms with Crippen molar-refractivity contribution in [2.75, 3.05) is 13.7 Å². The van der Waals surface area contributed by atoms with Crippen LogP contribution in [0, 0.1) is 13.8 Å². The van der Waals surface area contributed by atoms with Crippen LogP contribution in [-0.2, 0) is 0 Å². The van der Waals surface area contributed by atoms with Gasteiger partial charge in [0, 0.05) is 11.6 Å². The molecular formula is C19H29NO. The number of nitrogens with one attached hydrogen (secondary N) is 1. The number of allylic oxidation sites excluding steroid dienone is 1. The Hall–Kier alpha value is -1.28. The fourth-order valence-corrected chi connectivity index (χ4v) is 3.43. The number of ether oxygens (including phenoxy) is 1. The van der Waals surface area contributed by atoms with Crippen LogP contribution in [0.1, 0.15) is 61.8 Å². The van der Waals surface area contributed by atoms with E-state index in [1.165, 1.54) is 42.4 Å². The van der Waals surface area contributed by atoms with E-state index in [2.05, 4.69) is 44.3 Å². The topological polar surface area (TPSA) is 21.3 Å². The van der Waals surface area contributed by atoms with Gasteiger partial charge in [-0.25, -0.2) is 0 Å². The molecule has 1 N–H and O–H groups in total. The summed E-state index contributed by atoms with van der Waals surface area (Å²) in [5.74, 6) is 1.02. The first-order valence-electron chi connectivity index (χ1n) is 8.22. The molecule has 0 fully saturated rings. The van der Waals surface area contributed by atoms with E-state index in [0.717, 1.165) is 18.7 Å². The summed E-state index contributed by atoms with van der Waals surface area (Å²) in [4.78, 5) is 0. The number of hydrogen-bond donors (Lipinski definition) is 1. The Balaban J connectivity index is 2.30. The number of rotatable bonds is 6. The van der Waals surface area contributed by atoms with Crippen LogP contribution >= 0.6 is 0 Å². The Morgan fingerprint density at radius 1 is 1.24 bits per heavy atom. The lowest BCUT2D eigenvalue weighted by Gasteiger charge is -2.25. The van der Waals surface area contributed by atoms with Gasteiger partial charge in [-0.3, -0.25) is 0 Å². The van der Waals surface area contributed by atoms with E-state index < -0.39 is 0 Å². The van der Waals surface area contributed by atoms with E-state index in [1.807, 2.05) is 0 Å². The van der Waals surface area contributed by atoms with Crippen LogP contribution in [-0.4, -0.2) is 13.7 Å². The second kappa shape index (κ2) is 7.65. The standard InChI is InChI=1S/C19H29NO/c1-5-20-17(13-16-9-7-6-8-10-16)19-15(3)11-14(2)12-18(19)21-4/h9,11-12,17,20H,5-8,10,13H2,1-4H3. The highest BCUT2D eigenvalue weighted by atomic mass is 16.5. The van der Waals surface area contributed by atoms with Crippen LogP contribution in [0.25, 0.3) is 0 Å². The Kier molecular flexibility index (Phi) is 5.86. The minimum atomic E-state index is 0.356. The molecule has 1 aliphatic rings. The van der Waals surface area contributed by atoms with Crippen molar-refractivity contribution in [2.24, 2.45) is 0 Å². The van der Waals surface area contributed by atoms with Gasteiger partial charge >= 0.3 is 0 Å². The smallest absolute Gasteiger partial charge is 0.124 e. The summed E-state index contributed by atoms with van der Waals surface area (Å²) in [7, 11) is 1.78. The summed E-state index contributed by atoms with van der Waals surface area (Å²) in [6.07, 6.45) is 8.75. The van der Waals surface area contributed by atoms with Crippen LogP contribution in [0.4, 0.5) is 0 Å². The van der Waals surface area contributed by atoms with E-state index >= 15 is 0 Å². The summed E-state index contributed by atoms with van der Waals surface area (Å²) in [5, 5.41) is 3.66. The summed E-state index contributed by atoms with van der Waals surface area (Å²) in [5.41, 5.74) is 5.53. The van der Waals surface area contributed by atoms with E-state index in [0.29, 0.717) is 6.04 Å². The lowest BCUT2D eigenvalue weighted by molar-refractivity contribution is 0.397. The average Bonchev–Trinajstić information content (AvgIpc) is 2.47. The van der Waals surface area contributed by atoms with Crippen molar-refractivity contribution in [3.63, 3.8) is 0 Å². The second-order valence-corrected chi connectivity index (χ2v) is 6.12. The molecule has 0 spiro atoms. The third-order valence-electron chi connectivity index (χ3n) is 4.36. The molecule has 0 bridgehead atoms. The van der Waals surface area contributed by atoms with Crippen LogP contribution in [0.3, 0.4) is 0 Å². The zero-order valence-electron chi connectivity index (χ0n) is 14.0. The summed E-state index contributed by atoms with van der Waals surface area (Å²) < 4.78 is 5.66. The molecule has 2 rings (SSSR count). The summed E-state index contributed by atoms with van der Waals surface area (Å²) in [6.45, 7) is 7.49. The van der Waals surface area contributed by atoms with Gasteiger partial charge in [0.15, 0.2) is 0 Å². The van der Waals surface area contributed by atoms with Gasteiger partial charge in [0.2, 0.25) is 0 Å². The van der Waals surface area contributed by atoms with Gasteiger partial charge in [-0.15, -0.1) is 0 Å². The van der Waals surface area contributed by atoms with Crippen LogP contribution < -0.4 is 10.1 Å². The average molecular weight is 287 g/mol. The number of methoxy groups -OCH3 is 1. The molecule has 0 saturated heterocycles. The zero-order valence-corrected chi connectivity index (χ0v) is 14.0. The Morgan fingerprint density at radius 2 is 2.05 bits per heavy atom. The van der Waals surface area contributed by atoms with Crippen molar-refractivity contribution in [1.29, 1.82) is 0 Å². The molecular weight excluding hydrogens is 258 g/mol. The first-order valence-corrected chi connectivity index (χ1v) is 8.22. The number of hydrogen-bond acceptors (Lipinski definition) is 2. The largest absolute Gasteiger partial charge is 0.496 e. The Bertz CT molecular complexity index is 505. The molecule has 21 heavy (non-hydrogen) atoms. The predicted octanol–water partition coefficient (Wildman–Crippen LogP) is 4.85. The number of benzene rings is 1. The van der Waals surface area contributed by atoms with E-state index in [-0.39, 0.29) is 0 Å². The molecule has 1 aliphatic carbocycles. The van der Waals surface area contributed by atoms with E-state index in [9.17, 15) is 0 Å². The van der Waals surface area contributed by atoms with Gasteiger partial charge in [-0.05, 0) is 69.7 Å². The molecule has 1 atom stereocenters. The van der Waals surface area contributed by atoms with Gasteiger partial charge in [0.05, 0.1) is 7.11 Å². The lowest BCUT2D eigenvalue weighted by atomic mass is 9.89. The predicted molar refractivity (Wildman–Crippen MR) is 90.1 cm³/mol. The SMILES string of the molecule is CCNC(CC1=CCCCC1)c1c(C)cc(C)cc1OC. The minimum absolute atomic E-state index is 0.356. The van der Waals surface area contributed by atoms with Gasteiger partial charge in [-0.1, -0.05) is 24.6 Å². The fraction of sp³-hybridized carbons (Fsp3) is 0.579. The molecule has 0 heterocycles.